The van der Waals surface area contributed by atoms with Crippen LogP contribution in [0.1, 0.15) is 108 Å². The van der Waals surface area contributed by atoms with Crippen LogP contribution in [0.15, 0.2) is 169 Å². The molecule has 0 unspecified atom stereocenters. The molecule has 51 heavy (non-hydrogen) atoms. The molecule has 0 heterocycles. The Morgan fingerprint density at radius 3 is 1.69 bits per heavy atom. The zero-order chi connectivity index (χ0) is 40.5. The van der Waals surface area contributed by atoms with Crippen molar-refractivity contribution in [1.82, 2.24) is 0 Å². The third-order valence-corrected chi connectivity index (χ3v) is 5.96. The van der Waals surface area contributed by atoms with Crippen LogP contribution in [-0.2, 0) is 9.59 Å². The molecular formula is C48H73NO2. The van der Waals surface area contributed by atoms with Gasteiger partial charge in [0.2, 0.25) is 0 Å². The normalized spacial score (nSPS) is 10.8. The van der Waals surface area contributed by atoms with E-state index in [4.69, 9.17) is 0 Å². The first-order valence-electron chi connectivity index (χ1n) is 18.6. The number of hydrogen-bond acceptors (Lipinski definition) is 3. The van der Waals surface area contributed by atoms with Gasteiger partial charge in [-0.3, -0.25) is 9.59 Å². The molecule has 0 amide bonds. The van der Waals surface area contributed by atoms with Crippen LogP contribution in [0.25, 0.3) is 0 Å². The first-order valence-corrected chi connectivity index (χ1v) is 18.6. The highest BCUT2D eigenvalue weighted by atomic mass is 16.1. The number of benzene rings is 2. The zero-order valence-corrected chi connectivity index (χ0v) is 34.9. The summed E-state index contributed by atoms with van der Waals surface area (Å²) in [7, 11) is 0. The summed E-state index contributed by atoms with van der Waals surface area (Å²) in [5.74, 6) is -0.168. The van der Waals surface area contributed by atoms with Gasteiger partial charge in [0.1, 0.15) is 6.29 Å². The summed E-state index contributed by atoms with van der Waals surface area (Å²) < 4.78 is 0. The van der Waals surface area contributed by atoms with Gasteiger partial charge in [-0.25, -0.2) is 0 Å². The summed E-state index contributed by atoms with van der Waals surface area (Å²) in [6.45, 7) is 39.0. The average molecular weight is 696 g/mol. The number of anilines is 1. The lowest BCUT2D eigenvalue weighted by molar-refractivity contribution is -0.112. The van der Waals surface area contributed by atoms with Crippen molar-refractivity contribution in [2.75, 3.05) is 5.32 Å². The Labute approximate surface area is 315 Å². The molecule has 0 aliphatic heterocycles. The second kappa shape index (κ2) is 43.3. The van der Waals surface area contributed by atoms with Crippen molar-refractivity contribution in [3.63, 3.8) is 0 Å². The predicted molar refractivity (Wildman–Crippen MR) is 234 cm³/mol. The molecule has 0 radical (unpaired) electrons. The van der Waals surface area contributed by atoms with Crippen molar-refractivity contribution in [2.24, 2.45) is 0 Å². The van der Waals surface area contributed by atoms with Crippen molar-refractivity contribution in [2.45, 2.75) is 110 Å². The van der Waals surface area contributed by atoms with E-state index in [1.165, 1.54) is 5.56 Å². The molecule has 0 bridgehead atoms. The monoisotopic (exact) mass is 696 g/mol. The van der Waals surface area contributed by atoms with Crippen LogP contribution in [0.2, 0.25) is 0 Å². The van der Waals surface area contributed by atoms with Gasteiger partial charge in [0.05, 0.1) is 0 Å². The topological polar surface area (TPSA) is 46.2 Å². The molecule has 0 saturated carbocycles. The van der Waals surface area contributed by atoms with E-state index in [0.717, 1.165) is 22.5 Å². The molecule has 3 heteroatoms. The van der Waals surface area contributed by atoms with Crippen molar-refractivity contribution in [3.8, 4) is 0 Å². The number of hydrogen-bond donors (Lipinski definition) is 1. The van der Waals surface area contributed by atoms with Gasteiger partial charge in [0, 0.05) is 22.5 Å². The standard InChI is InChI=1S/C32H37NO2.C6H6.5C2H6/c1-8-11-15-25(5)28(10-3)22-29(23-34)27(7)32(35)26(6)16-12-13-17-30(14-9-2)33-31-20-18-24(4)19-21-31;1-2-4-6-5-3-1;5*1-2/h8-11,13-14,16-23,33H,2-3,5,12,15H2,1,4,6-7H3;1-6H;5*1-2H3/b11-8-,17-13-,26-16?,28-22-,29-27-,30-14+;;;;;;. The summed E-state index contributed by atoms with van der Waals surface area (Å²) in [6.07, 6.45) is 18.5. The Balaban J connectivity index is -0.000000372. The SMILES string of the molecule is C=C/C=C(\C=C/CC=C(C)C(=O)/C(C)=C(C=O)/C=C(/C=C)C(=C)C/C=C\C)Nc1ccc(C)cc1.CC.CC.CC.CC.CC.c1ccccc1. The van der Waals surface area contributed by atoms with Crippen molar-refractivity contribution >= 4 is 17.8 Å². The Hall–Kier alpha value is -4.76. The number of ketones is 1. The van der Waals surface area contributed by atoms with Crippen LogP contribution in [0, 0.1) is 6.92 Å². The van der Waals surface area contributed by atoms with E-state index in [1.54, 1.807) is 32.1 Å². The maximum atomic E-state index is 12.9. The van der Waals surface area contributed by atoms with E-state index >= 15 is 0 Å². The van der Waals surface area contributed by atoms with Crippen LogP contribution >= 0.6 is 0 Å². The Kier molecular flexibility index (Phi) is 47.2. The van der Waals surface area contributed by atoms with Crippen LogP contribution in [-0.4, -0.2) is 12.1 Å². The van der Waals surface area contributed by atoms with Gasteiger partial charge in [0.25, 0.3) is 0 Å². The van der Waals surface area contributed by atoms with Crippen LogP contribution in [0.4, 0.5) is 5.69 Å². The van der Waals surface area contributed by atoms with E-state index in [-0.39, 0.29) is 5.78 Å². The number of aldehydes is 1. The fourth-order valence-electron chi connectivity index (χ4n) is 3.50. The summed E-state index contributed by atoms with van der Waals surface area (Å²) in [5, 5.41) is 3.35. The summed E-state index contributed by atoms with van der Waals surface area (Å²) in [6, 6.07) is 20.1. The molecule has 2 aromatic rings. The lowest BCUT2D eigenvalue weighted by Crippen LogP contribution is -2.05. The minimum atomic E-state index is -0.168. The number of allylic oxidation sites excluding steroid dienone is 14. The molecule has 0 atom stereocenters. The van der Waals surface area contributed by atoms with Gasteiger partial charge in [-0.15, -0.1) is 0 Å². The number of carbonyl (C=O) groups excluding carboxylic acids is 2. The Bertz CT molecular complexity index is 1320. The summed E-state index contributed by atoms with van der Waals surface area (Å²) in [5.41, 5.74) is 5.94. The number of aryl methyl sites for hydroxylation is 1. The lowest BCUT2D eigenvalue weighted by atomic mass is 9.96. The van der Waals surface area contributed by atoms with E-state index in [1.807, 2.05) is 180 Å². The fraction of sp³-hybridized carbons (Fsp3) is 0.333. The van der Waals surface area contributed by atoms with Crippen molar-refractivity contribution < 1.29 is 9.59 Å². The van der Waals surface area contributed by atoms with Gasteiger partial charge in [-0.05, 0) is 87.6 Å². The lowest BCUT2D eigenvalue weighted by Gasteiger charge is -2.08. The molecule has 0 fully saturated rings. The Morgan fingerprint density at radius 2 is 1.27 bits per heavy atom. The molecule has 0 aliphatic carbocycles. The molecule has 1 N–H and O–H groups in total. The fourth-order valence-corrected chi connectivity index (χ4v) is 3.50. The highest BCUT2D eigenvalue weighted by Gasteiger charge is 2.12. The van der Waals surface area contributed by atoms with E-state index in [9.17, 15) is 9.59 Å². The van der Waals surface area contributed by atoms with Crippen LogP contribution < -0.4 is 5.32 Å². The average Bonchev–Trinajstić information content (AvgIpc) is 3.21. The molecule has 2 aromatic carbocycles. The largest absolute Gasteiger partial charge is 0.356 e. The Morgan fingerprint density at radius 1 is 0.784 bits per heavy atom. The van der Waals surface area contributed by atoms with Crippen LogP contribution in [0.5, 0.6) is 0 Å². The molecule has 282 valence electrons. The second-order valence-corrected chi connectivity index (χ2v) is 9.24. The number of carbonyl (C=O) groups is 2. The van der Waals surface area contributed by atoms with Crippen LogP contribution in [0.3, 0.4) is 0 Å². The first kappa shape index (κ1) is 55.6. The highest BCUT2D eigenvalue weighted by molar-refractivity contribution is 6.10. The number of nitrogens with one attached hydrogen (secondary N) is 1. The number of rotatable bonds is 14. The summed E-state index contributed by atoms with van der Waals surface area (Å²) in [4.78, 5) is 24.7. The highest BCUT2D eigenvalue weighted by Crippen LogP contribution is 2.19. The van der Waals surface area contributed by atoms with Gasteiger partial charge in [-0.2, -0.15) is 0 Å². The molecule has 3 nitrogen and oxygen atoms in total. The molecular weight excluding hydrogens is 623 g/mol. The first-order chi connectivity index (χ1) is 24.8. The van der Waals surface area contributed by atoms with Crippen molar-refractivity contribution in [1.29, 1.82) is 0 Å². The maximum Gasteiger partial charge on any atom is 0.184 e. The van der Waals surface area contributed by atoms with Gasteiger partial charge in [0.15, 0.2) is 5.78 Å². The minimum Gasteiger partial charge on any atom is -0.356 e. The molecule has 0 aliphatic rings. The molecule has 0 saturated heterocycles. The van der Waals surface area contributed by atoms with Gasteiger partial charge < -0.3 is 5.32 Å². The second-order valence-electron chi connectivity index (χ2n) is 9.24. The quantitative estimate of drug-likeness (QED) is 0.0926. The third-order valence-electron chi connectivity index (χ3n) is 5.96. The minimum absolute atomic E-state index is 0.168. The predicted octanol–water partition coefficient (Wildman–Crippen LogP) is 14.9. The summed E-state index contributed by atoms with van der Waals surface area (Å²) >= 11 is 0. The van der Waals surface area contributed by atoms with E-state index in [2.05, 4.69) is 25.1 Å². The molecule has 0 spiro atoms. The maximum absolute atomic E-state index is 12.9. The molecule has 2 rings (SSSR count). The van der Waals surface area contributed by atoms with Gasteiger partial charge >= 0.3 is 0 Å². The van der Waals surface area contributed by atoms with E-state index in [0.29, 0.717) is 35.8 Å². The van der Waals surface area contributed by atoms with Gasteiger partial charge in [-0.1, -0.05) is 180 Å². The van der Waals surface area contributed by atoms with Crippen molar-refractivity contribution in [3.05, 3.63) is 174 Å². The smallest absolute Gasteiger partial charge is 0.184 e. The molecule has 0 aromatic heterocycles. The van der Waals surface area contributed by atoms with E-state index < -0.39 is 0 Å². The number of Topliss-reactive ketones (excluding diaryl/α,β-unsaturated/α-hetero) is 1. The third kappa shape index (κ3) is 29.8. The zero-order valence-electron chi connectivity index (χ0n) is 34.9.